The fourth-order valence-electron chi connectivity index (χ4n) is 4.35. The van der Waals surface area contributed by atoms with E-state index in [9.17, 15) is 18.3 Å². The average molecular weight is 440 g/mol. The van der Waals surface area contributed by atoms with Crippen molar-refractivity contribution in [2.75, 3.05) is 0 Å². The van der Waals surface area contributed by atoms with Gasteiger partial charge >= 0.3 is 0 Å². The molecular formula is C26H17F5O. The Balaban J connectivity index is 2.21. The number of benzene rings is 3. The fraction of sp³-hybridized carbons (Fsp3) is 0.0769. The Labute approximate surface area is 181 Å². The van der Waals surface area contributed by atoms with Crippen molar-refractivity contribution >= 4 is 0 Å². The van der Waals surface area contributed by atoms with Crippen molar-refractivity contribution < 1.29 is 27.1 Å². The van der Waals surface area contributed by atoms with Gasteiger partial charge in [0.25, 0.3) is 0 Å². The van der Waals surface area contributed by atoms with Crippen LogP contribution in [0.15, 0.2) is 84.7 Å². The summed E-state index contributed by atoms with van der Waals surface area (Å²) in [7, 11) is 0. The van der Waals surface area contributed by atoms with Gasteiger partial charge in [-0.1, -0.05) is 61.2 Å². The Morgan fingerprint density at radius 3 is 1.66 bits per heavy atom. The summed E-state index contributed by atoms with van der Waals surface area (Å²) in [6.45, 7) is 5.53. The van der Waals surface area contributed by atoms with Gasteiger partial charge in [-0.15, -0.1) is 0 Å². The third kappa shape index (κ3) is 2.83. The molecule has 0 spiro atoms. The van der Waals surface area contributed by atoms with E-state index in [1.807, 2.05) is 0 Å². The van der Waals surface area contributed by atoms with Gasteiger partial charge in [0.05, 0.1) is 5.41 Å². The molecule has 1 N–H and O–H groups in total. The van der Waals surface area contributed by atoms with Crippen molar-refractivity contribution in [1.29, 1.82) is 0 Å². The number of hydrogen-bond acceptors (Lipinski definition) is 1. The second kappa shape index (κ2) is 7.79. The van der Waals surface area contributed by atoms with Crippen molar-refractivity contribution in [3.05, 3.63) is 130 Å². The summed E-state index contributed by atoms with van der Waals surface area (Å²) >= 11 is 0. The lowest BCUT2D eigenvalue weighted by atomic mass is 9.67. The van der Waals surface area contributed by atoms with Gasteiger partial charge < -0.3 is 5.11 Å². The number of halogens is 5. The molecule has 0 radical (unpaired) electrons. The van der Waals surface area contributed by atoms with E-state index < -0.39 is 40.1 Å². The minimum atomic E-state index is -2.23. The Morgan fingerprint density at radius 2 is 1.19 bits per heavy atom. The monoisotopic (exact) mass is 440 g/mol. The maximum absolute atomic E-state index is 15.3. The summed E-state index contributed by atoms with van der Waals surface area (Å²) in [5.74, 6) is -10.3. The third-order valence-electron chi connectivity index (χ3n) is 5.77. The molecule has 4 rings (SSSR count). The van der Waals surface area contributed by atoms with Crippen LogP contribution in [-0.4, -0.2) is 5.11 Å². The zero-order chi connectivity index (χ0) is 23.2. The van der Waals surface area contributed by atoms with E-state index in [1.165, 1.54) is 18.2 Å². The molecule has 162 valence electrons. The molecule has 0 amide bonds. The molecule has 0 bridgehead atoms. The molecule has 0 saturated heterocycles. The van der Waals surface area contributed by atoms with Crippen molar-refractivity contribution in [1.82, 2.24) is 0 Å². The molecule has 0 fully saturated rings. The number of hydrogen-bond donors (Lipinski definition) is 1. The molecule has 0 saturated carbocycles. The topological polar surface area (TPSA) is 20.2 Å². The van der Waals surface area contributed by atoms with E-state index in [4.69, 9.17) is 0 Å². The Morgan fingerprint density at radius 1 is 0.750 bits per heavy atom. The van der Waals surface area contributed by atoms with E-state index in [-0.39, 0.29) is 11.3 Å². The minimum absolute atomic E-state index is 0.0199. The first-order valence-corrected chi connectivity index (χ1v) is 9.70. The van der Waals surface area contributed by atoms with Crippen LogP contribution in [0.1, 0.15) is 23.6 Å². The molecule has 3 aromatic rings. The van der Waals surface area contributed by atoms with Crippen LogP contribution in [0.3, 0.4) is 0 Å². The molecule has 0 heterocycles. The van der Waals surface area contributed by atoms with Crippen LogP contribution in [0.5, 0.6) is 0 Å². The van der Waals surface area contributed by atoms with Gasteiger partial charge in [0.15, 0.2) is 23.3 Å². The lowest BCUT2D eigenvalue weighted by molar-refractivity contribution is 0.363. The predicted molar refractivity (Wildman–Crippen MR) is 113 cm³/mol. The van der Waals surface area contributed by atoms with Crippen LogP contribution in [0.25, 0.3) is 11.1 Å². The molecule has 6 heteroatoms. The highest BCUT2D eigenvalue weighted by Gasteiger charge is 2.50. The summed E-state index contributed by atoms with van der Waals surface area (Å²) in [6.07, 6.45) is 3.94. The van der Waals surface area contributed by atoms with Crippen molar-refractivity contribution in [2.45, 2.75) is 12.3 Å². The van der Waals surface area contributed by atoms with Gasteiger partial charge in [-0.05, 0) is 46.9 Å². The maximum atomic E-state index is 15.3. The number of rotatable bonds is 4. The number of aliphatic hydroxyl groups is 1. The maximum Gasteiger partial charge on any atom is 0.200 e. The predicted octanol–water partition coefficient (Wildman–Crippen LogP) is 7.27. The summed E-state index contributed by atoms with van der Waals surface area (Å²) < 4.78 is 73.1. The van der Waals surface area contributed by atoms with Crippen molar-refractivity contribution in [3.63, 3.8) is 0 Å². The molecule has 0 unspecified atom stereocenters. The highest BCUT2D eigenvalue weighted by molar-refractivity contribution is 5.86. The van der Waals surface area contributed by atoms with Gasteiger partial charge in [-0.25, -0.2) is 22.0 Å². The molecule has 0 atom stereocenters. The smallest absolute Gasteiger partial charge is 0.200 e. The van der Waals surface area contributed by atoms with Crippen molar-refractivity contribution in [3.8, 4) is 11.1 Å². The number of fused-ring (bicyclic) bond motifs is 3. The number of allylic oxidation sites excluding steroid dienone is 4. The first kappa shape index (κ1) is 21.6. The molecular weight excluding hydrogens is 423 g/mol. The first-order chi connectivity index (χ1) is 15.3. The van der Waals surface area contributed by atoms with E-state index in [0.29, 0.717) is 22.3 Å². The minimum Gasteiger partial charge on any atom is -0.508 e. The van der Waals surface area contributed by atoms with Gasteiger partial charge in [-0.2, -0.15) is 0 Å². The standard InChI is InChI=1S/C26H17F5O/c1-3-15(32)13-12-14(2)26(20-21(27)23(29)25(31)24(30)22(20)28)18-10-6-4-8-16(18)17-9-5-7-11-19(17)26/h3-13,32H,2H2,1H3/b13-12-,15-3+. The first-order valence-electron chi connectivity index (χ1n) is 9.70. The molecule has 3 aromatic carbocycles. The Bertz CT molecular complexity index is 1250. The number of aliphatic hydroxyl groups excluding tert-OH is 1. The van der Waals surface area contributed by atoms with E-state index >= 15 is 8.78 Å². The lowest BCUT2D eigenvalue weighted by Crippen LogP contribution is -2.32. The van der Waals surface area contributed by atoms with Crippen LogP contribution in [0.4, 0.5) is 22.0 Å². The Hall–Kier alpha value is -3.67. The van der Waals surface area contributed by atoms with Gasteiger partial charge in [0, 0.05) is 5.56 Å². The summed E-state index contributed by atoms with van der Waals surface area (Å²) in [5.41, 5.74) is -1.11. The molecule has 32 heavy (non-hydrogen) atoms. The highest BCUT2D eigenvalue weighted by atomic mass is 19.2. The third-order valence-corrected chi connectivity index (χ3v) is 5.77. The highest BCUT2D eigenvalue weighted by Crippen LogP contribution is 2.57. The lowest BCUT2D eigenvalue weighted by Gasteiger charge is -2.34. The molecule has 1 aliphatic carbocycles. The molecule has 1 aliphatic rings. The van der Waals surface area contributed by atoms with Gasteiger partial charge in [-0.3, -0.25) is 0 Å². The molecule has 0 aromatic heterocycles. The normalized spacial score (nSPS) is 14.5. The second-order valence-electron chi connectivity index (χ2n) is 7.36. The van der Waals surface area contributed by atoms with Crippen molar-refractivity contribution in [2.24, 2.45) is 0 Å². The summed E-state index contributed by atoms with van der Waals surface area (Å²) in [4.78, 5) is 0. The molecule has 1 nitrogen and oxygen atoms in total. The quantitative estimate of drug-likeness (QED) is 0.149. The van der Waals surface area contributed by atoms with Crippen LogP contribution in [0, 0.1) is 29.1 Å². The molecule has 0 aliphatic heterocycles. The van der Waals surface area contributed by atoms with Crippen LogP contribution < -0.4 is 0 Å². The second-order valence-corrected chi connectivity index (χ2v) is 7.36. The van der Waals surface area contributed by atoms with Crippen LogP contribution in [-0.2, 0) is 5.41 Å². The average Bonchev–Trinajstić information content (AvgIpc) is 3.11. The Kier molecular flexibility index (Phi) is 5.25. The van der Waals surface area contributed by atoms with Crippen LogP contribution >= 0.6 is 0 Å². The summed E-state index contributed by atoms with van der Waals surface area (Å²) in [6, 6.07) is 13.2. The van der Waals surface area contributed by atoms with Gasteiger partial charge in [0.2, 0.25) is 5.82 Å². The van der Waals surface area contributed by atoms with E-state index in [1.54, 1.807) is 55.5 Å². The van der Waals surface area contributed by atoms with E-state index in [0.717, 1.165) is 0 Å². The largest absolute Gasteiger partial charge is 0.508 e. The van der Waals surface area contributed by atoms with E-state index in [2.05, 4.69) is 6.58 Å². The van der Waals surface area contributed by atoms with Gasteiger partial charge in [0.1, 0.15) is 5.76 Å². The fourth-order valence-corrected chi connectivity index (χ4v) is 4.35. The zero-order valence-electron chi connectivity index (χ0n) is 16.9. The summed E-state index contributed by atoms with van der Waals surface area (Å²) in [5, 5.41) is 9.84. The SMILES string of the molecule is C=C(/C=C\C(O)=C/C)C1(c2c(F)c(F)c(F)c(F)c2F)c2ccccc2-c2ccccc21. The van der Waals surface area contributed by atoms with Crippen LogP contribution in [0.2, 0.25) is 0 Å². The zero-order valence-corrected chi connectivity index (χ0v) is 16.9.